The lowest BCUT2D eigenvalue weighted by atomic mass is 9.95. The molecule has 1 saturated heterocycles. The lowest BCUT2D eigenvalue weighted by molar-refractivity contribution is -0.123. The summed E-state index contributed by atoms with van der Waals surface area (Å²) in [7, 11) is -3.83. The number of carbonyl (C=O) groups is 2. The molecule has 3 rings (SSSR count). The molecule has 2 amide bonds. The van der Waals surface area contributed by atoms with E-state index in [1.807, 2.05) is 13.8 Å². The third kappa shape index (κ3) is 4.44. The highest BCUT2D eigenvalue weighted by Gasteiger charge is 2.50. The van der Waals surface area contributed by atoms with E-state index < -0.39 is 27.3 Å². The summed E-state index contributed by atoms with van der Waals surface area (Å²) in [5.41, 5.74) is -0.380. The molecular formula is C21H23ClN2O5S. The minimum absolute atomic E-state index is 0.0292. The third-order valence-corrected chi connectivity index (χ3v) is 6.85. The van der Waals surface area contributed by atoms with Crippen LogP contribution in [-0.4, -0.2) is 32.1 Å². The number of ether oxygens (including phenoxy) is 1. The molecule has 2 aromatic rings. The van der Waals surface area contributed by atoms with E-state index in [4.69, 9.17) is 16.3 Å². The summed E-state index contributed by atoms with van der Waals surface area (Å²) in [6, 6.07) is 10.9. The van der Waals surface area contributed by atoms with Gasteiger partial charge in [-0.05, 0) is 70.2 Å². The highest BCUT2D eigenvalue weighted by atomic mass is 35.5. The van der Waals surface area contributed by atoms with Crippen molar-refractivity contribution in [3.8, 4) is 5.75 Å². The number of hydrogen-bond donors (Lipinski definition) is 1. The van der Waals surface area contributed by atoms with Gasteiger partial charge in [-0.25, -0.2) is 12.7 Å². The van der Waals surface area contributed by atoms with Gasteiger partial charge in [-0.2, -0.15) is 0 Å². The van der Waals surface area contributed by atoms with Crippen molar-refractivity contribution in [3.63, 3.8) is 0 Å². The van der Waals surface area contributed by atoms with E-state index in [-0.39, 0.29) is 28.1 Å². The molecule has 0 radical (unpaired) electrons. The van der Waals surface area contributed by atoms with E-state index in [0.717, 1.165) is 4.31 Å². The van der Waals surface area contributed by atoms with Gasteiger partial charge in [0.25, 0.3) is 5.91 Å². The van der Waals surface area contributed by atoms with Crippen LogP contribution >= 0.6 is 11.6 Å². The largest absolute Gasteiger partial charge is 0.491 e. The lowest BCUT2D eigenvalue weighted by Crippen LogP contribution is -2.33. The molecule has 30 heavy (non-hydrogen) atoms. The molecule has 2 aromatic carbocycles. The summed E-state index contributed by atoms with van der Waals surface area (Å²) < 4.78 is 31.3. The van der Waals surface area contributed by atoms with Gasteiger partial charge in [-0.1, -0.05) is 11.6 Å². The van der Waals surface area contributed by atoms with Crippen LogP contribution in [-0.2, 0) is 14.8 Å². The number of nitrogens with one attached hydrogen (secondary N) is 1. The Labute approximate surface area is 181 Å². The summed E-state index contributed by atoms with van der Waals surface area (Å²) in [6.07, 6.45) is 0.0292. The van der Waals surface area contributed by atoms with Crippen LogP contribution in [0.3, 0.4) is 0 Å². The van der Waals surface area contributed by atoms with Gasteiger partial charge in [0.2, 0.25) is 15.9 Å². The molecule has 0 spiro atoms. The average Bonchev–Trinajstić information content (AvgIpc) is 2.79. The molecular weight excluding hydrogens is 428 g/mol. The molecule has 7 nitrogen and oxygen atoms in total. The fourth-order valence-corrected chi connectivity index (χ4v) is 5.46. The van der Waals surface area contributed by atoms with Gasteiger partial charge >= 0.3 is 0 Å². The minimum atomic E-state index is -3.83. The van der Waals surface area contributed by atoms with Crippen LogP contribution in [0.2, 0.25) is 5.02 Å². The summed E-state index contributed by atoms with van der Waals surface area (Å²) in [5.74, 6) is -0.698. The van der Waals surface area contributed by atoms with Crippen LogP contribution in [0.15, 0.2) is 42.5 Å². The summed E-state index contributed by atoms with van der Waals surface area (Å²) >= 11 is 6.18. The fourth-order valence-electron chi connectivity index (χ4n) is 3.16. The van der Waals surface area contributed by atoms with E-state index in [9.17, 15) is 18.0 Å². The second-order valence-electron chi connectivity index (χ2n) is 8.02. The van der Waals surface area contributed by atoms with Crippen LogP contribution in [0.25, 0.3) is 0 Å². The Morgan fingerprint density at radius 2 is 1.80 bits per heavy atom. The quantitative estimate of drug-likeness (QED) is 0.740. The van der Waals surface area contributed by atoms with Crippen molar-refractivity contribution < 1.29 is 22.7 Å². The number of benzene rings is 2. The molecule has 0 atom stereocenters. The Kier molecular flexibility index (Phi) is 5.84. The molecule has 9 heteroatoms. The van der Waals surface area contributed by atoms with Crippen molar-refractivity contribution in [3.05, 3.63) is 53.1 Å². The number of anilines is 2. The molecule has 160 valence electrons. The second kappa shape index (κ2) is 7.92. The Balaban J connectivity index is 1.87. The smallest absolute Gasteiger partial charge is 0.257 e. The van der Waals surface area contributed by atoms with Gasteiger partial charge in [-0.3, -0.25) is 9.59 Å². The first-order valence-electron chi connectivity index (χ1n) is 9.36. The van der Waals surface area contributed by atoms with Crippen molar-refractivity contribution in [1.82, 2.24) is 0 Å². The first-order chi connectivity index (χ1) is 13.9. The molecule has 1 heterocycles. The van der Waals surface area contributed by atoms with Crippen LogP contribution in [0, 0.1) is 5.41 Å². The molecule has 1 N–H and O–H groups in total. The Bertz CT molecular complexity index is 1090. The third-order valence-electron chi connectivity index (χ3n) is 4.50. The zero-order valence-electron chi connectivity index (χ0n) is 17.1. The van der Waals surface area contributed by atoms with Crippen molar-refractivity contribution in [2.24, 2.45) is 5.41 Å². The topological polar surface area (TPSA) is 92.8 Å². The molecule has 0 bridgehead atoms. The monoisotopic (exact) mass is 450 g/mol. The number of nitrogens with zero attached hydrogens (tertiary/aromatic N) is 1. The molecule has 0 unspecified atom stereocenters. The molecule has 1 aliphatic heterocycles. The SMILES string of the molecule is CC(C)Oc1ccc(NC(=O)c2cc(N3C(=O)C(C)(C)CS3(=O)=O)ccc2Cl)cc1. The molecule has 1 aliphatic rings. The molecule has 0 saturated carbocycles. The van der Waals surface area contributed by atoms with E-state index in [1.165, 1.54) is 18.2 Å². The van der Waals surface area contributed by atoms with Gasteiger partial charge < -0.3 is 10.1 Å². The zero-order chi connectivity index (χ0) is 22.3. The fraction of sp³-hybridized carbons (Fsp3) is 0.333. The number of rotatable bonds is 5. The van der Waals surface area contributed by atoms with Gasteiger partial charge in [0.15, 0.2) is 0 Å². The molecule has 1 fully saturated rings. The Morgan fingerprint density at radius 1 is 1.17 bits per heavy atom. The predicted octanol–water partition coefficient (Wildman–Crippen LogP) is 4.08. The van der Waals surface area contributed by atoms with Gasteiger partial charge in [0.05, 0.1) is 33.5 Å². The van der Waals surface area contributed by atoms with E-state index in [0.29, 0.717) is 11.4 Å². The first-order valence-corrected chi connectivity index (χ1v) is 11.3. The van der Waals surface area contributed by atoms with E-state index in [1.54, 1.807) is 38.1 Å². The van der Waals surface area contributed by atoms with Crippen LogP contribution < -0.4 is 14.4 Å². The van der Waals surface area contributed by atoms with Gasteiger partial charge in [0, 0.05) is 5.69 Å². The maximum atomic E-state index is 12.8. The molecule has 0 aliphatic carbocycles. The van der Waals surface area contributed by atoms with Crippen molar-refractivity contribution in [2.75, 3.05) is 15.4 Å². The standard InChI is InChI=1S/C21H23ClN2O5S/c1-13(2)29-16-8-5-14(6-9-16)23-19(25)17-11-15(7-10-18(17)22)24-20(26)21(3,4)12-30(24,27)28/h5-11,13H,12H2,1-4H3,(H,23,25). The summed E-state index contributed by atoms with van der Waals surface area (Å²) in [4.78, 5) is 25.4. The number of sulfonamides is 1. The molecule has 0 aromatic heterocycles. The van der Waals surface area contributed by atoms with Gasteiger partial charge in [0.1, 0.15) is 5.75 Å². The maximum Gasteiger partial charge on any atom is 0.257 e. The highest BCUT2D eigenvalue weighted by molar-refractivity contribution is 7.94. The number of amides is 2. The number of halogens is 1. The average molecular weight is 451 g/mol. The second-order valence-corrected chi connectivity index (χ2v) is 10.2. The Morgan fingerprint density at radius 3 is 2.33 bits per heavy atom. The minimum Gasteiger partial charge on any atom is -0.491 e. The normalized spacial score (nSPS) is 17.3. The van der Waals surface area contributed by atoms with Gasteiger partial charge in [-0.15, -0.1) is 0 Å². The van der Waals surface area contributed by atoms with Crippen LogP contribution in [0.5, 0.6) is 5.75 Å². The van der Waals surface area contributed by atoms with Crippen LogP contribution in [0.1, 0.15) is 38.1 Å². The van der Waals surface area contributed by atoms with Crippen molar-refractivity contribution >= 4 is 44.8 Å². The number of hydrogen-bond acceptors (Lipinski definition) is 5. The lowest BCUT2D eigenvalue weighted by Gasteiger charge is -2.18. The van der Waals surface area contributed by atoms with Crippen molar-refractivity contribution in [1.29, 1.82) is 0 Å². The Hall–Kier alpha value is -2.58. The predicted molar refractivity (Wildman–Crippen MR) is 117 cm³/mol. The first kappa shape index (κ1) is 22.1. The van der Waals surface area contributed by atoms with E-state index >= 15 is 0 Å². The van der Waals surface area contributed by atoms with E-state index in [2.05, 4.69) is 5.32 Å². The summed E-state index contributed by atoms with van der Waals surface area (Å²) in [5, 5.41) is 2.85. The maximum absolute atomic E-state index is 12.8. The number of carbonyl (C=O) groups excluding carboxylic acids is 2. The zero-order valence-corrected chi connectivity index (χ0v) is 18.7. The highest BCUT2D eigenvalue weighted by Crippen LogP contribution is 2.37. The van der Waals surface area contributed by atoms with Crippen LogP contribution in [0.4, 0.5) is 11.4 Å². The van der Waals surface area contributed by atoms with Crippen molar-refractivity contribution in [2.45, 2.75) is 33.8 Å². The summed E-state index contributed by atoms with van der Waals surface area (Å²) in [6.45, 7) is 6.97.